The Labute approximate surface area is 184 Å². The Bertz CT molecular complexity index is 927. The van der Waals surface area contributed by atoms with Crippen LogP contribution >= 0.6 is 0 Å². The van der Waals surface area contributed by atoms with Gasteiger partial charge in [-0.05, 0) is 43.0 Å². The molecular formula is C25H31N3O3. The molecule has 0 saturated carbocycles. The highest BCUT2D eigenvalue weighted by molar-refractivity contribution is 5.95. The van der Waals surface area contributed by atoms with Crippen LogP contribution < -0.4 is 10.1 Å². The monoisotopic (exact) mass is 421 g/mol. The fourth-order valence-corrected chi connectivity index (χ4v) is 3.82. The molecule has 0 aromatic heterocycles. The van der Waals surface area contributed by atoms with E-state index in [4.69, 9.17) is 4.74 Å². The number of hydrogen-bond acceptors (Lipinski definition) is 4. The highest BCUT2D eigenvalue weighted by Gasteiger charge is 2.23. The minimum absolute atomic E-state index is 0.0553. The van der Waals surface area contributed by atoms with Crippen molar-refractivity contribution >= 4 is 11.8 Å². The van der Waals surface area contributed by atoms with Crippen molar-refractivity contribution < 1.29 is 14.3 Å². The Morgan fingerprint density at radius 2 is 1.94 bits per heavy atom. The zero-order valence-electron chi connectivity index (χ0n) is 18.5. The van der Waals surface area contributed by atoms with E-state index in [0.717, 1.165) is 24.2 Å². The Kier molecular flexibility index (Phi) is 7.70. The number of carbonyl (C=O) groups is 2. The molecule has 0 radical (unpaired) electrons. The van der Waals surface area contributed by atoms with Crippen molar-refractivity contribution in [3.63, 3.8) is 0 Å². The Morgan fingerprint density at radius 1 is 1.16 bits per heavy atom. The Balaban J connectivity index is 1.69. The van der Waals surface area contributed by atoms with Crippen molar-refractivity contribution in [2.75, 3.05) is 34.3 Å². The molecule has 3 rings (SSSR count). The van der Waals surface area contributed by atoms with E-state index in [1.165, 1.54) is 0 Å². The number of amides is 2. The lowest BCUT2D eigenvalue weighted by Gasteiger charge is -2.29. The van der Waals surface area contributed by atoms with E-state index in [9.17, 15) is 9.59 Å². The van der Waals surface area contributed by atoms with Crippen LogP contribution in [0.5, 0.6) is 5.75 Å². The number of nitrogens with zero attached hydrogens (tertiary/aromatic N) is 2. The zero-order valence-corrected chi connectivity index (χ0v) is 18.5. The highest BCUT2D eigenvalue weighted by atomic mass is 16.5. The molecule has 1 heterocycles. The predicted octanol–water partition coefficient (Wildman–Crippen LogP) is 3.10. The normalized spacial score (nSPS) is 14.0. The summed E-state index contributed by atoms with van der Waals surface area (Å²) in [6.07, 6.45) is 4.23. The summed E-state index contributed by atoms with van der Waals surface area (Å²) in [5.74, 6) is 0.532. The first-order valence-corrected chi connectivity index (χ1v) is 10.6. The van der Waals surface area contributed by atoms with Crippen LogP contribution in [0.2, 0.25) is 0 Å². The van der Waals surface area contributed by atoms with Crippen molar-refractivity contribution in [3.8, 4) is 5.75 Å². The first-order valence-electron chi connectivity index (χ1n) is 10.6. The van der Waals surface area contributed by atoms with Gasteiger partial charge in [-0.1, -0.05) is 42.5 Å². The maximum atomic E-state index is 13.2. The summed E-state index contributed by atoms with van der Waals surface area (Å²) in [5.41, 5.74) is 2.46. The third-order valence-corrected chi connectivity index (χ3v) is 5.71. The number of hydrogen-bond donors (Lipinski definition) is 1. The van der Waals surface area contributed by atoms with Crippen LogP contribution in [0.3, 0.4) is 0 Å². The summed E-state index contributed by atoms with van der Waals surface area (Å²) in [5, 5.41) is 3.02. The van der Waals surface area contributed by atoms with Crippen molar-refractivity contribution in [3.05, 3.63) is 77.5 Å². The standard InChI is InChI=1S/C25H31N3O3/c1-27-16-8-13-23(27)24(29)26-15-14-21(17-19-9-5-4-6-10-19)28(2)25(30)20-11-7-12-22(18-20)31-3/h4-7,9-13,18,21H,8,14-17H2,1-3H3,(H,26,29)/t21-/m1/s1. The fraction of sp³-hybridized carbons (Fsp3) is 0.360. The zero-order chi connectivity index (χ0) is 22.2. The SMILES string of the molecule is COc1cccc(C(=O)N(C)[C@H](CCNC(=O)C2=CCCN2C)Cc2ccccc2)c1. The second-order valence-electron chi connectivity index (χ2n) is 7.84. The smallest absolute Gasteiger partial charge is 0.267 e. The molecule has 1 aliphatic heterocycles. The van der Waals surface area contributed by atoms with Gasteiger partial charge in [0.15, 0.2) is 0 Å². The van der Waals surface area contributed by atoms with E-state index in [1.807, 2.05) is 55.4 Å². The quantitative estimate of drug-likeness (QED) is 0.676. The molecule has 1 N–H and O–H groups in total. The van der Waals surface area contributed by atoms with Crippen LogP contribution in [0.4, 0.5) is 0 Å². The van der Waals surface area contributed by atoms with E-state index < -0.39 is 0 Å². The molecule has 2 aromatic carbocycles. The largest absolute Gasteiger partial charge is 0.497 e. The molecule has 31 heavy (non-hydrogen) atoms. The number of methoxy groups -OCH3 is 1. The first-order chi connectivity index (χ1) is 15.0. The Hall–Kier alpha value is -3.28. The van der Waals surface area contributed by atoms with E-state index >= 15 is 0 Å². The summed E-state index contributed by atoms with van der Waals surface area (Å²) in [7, 11) is 5.34. The van der Waals surface area contributed by atoms with Crippen molar-refractivity contribution in [1.29, 1.82) is 0 Å². The van der Waals surface area contributed by atoms with Crippen LogP contribution in [-0.2, 0) is 11.2 Å². The van der Waals surface area contributed by atoms with Crippen LogP contribution in [0.1, 0.15) is 28.8 Å². The van der Waals surface area contributed by atoms with Gasteiger partial charge < -0.3 is 19.9 Å². The second-order valence-corrected chi connectivity index (χ2v) is 7.84. The Morgan fingerprint density at radius 3 is 2.61 bits per heavy atom. The molecule has 2 amide bonds. The van der Waals surface area contributed by atoms with Crippen LogP contribution in [-0.4, -0.2) is 62.0 Å². The van der Waals surface area contributed by atoms with Gasteiger partial charge in [-0.25, -0.2) is 0 Å². The number of carbonyl (C=O) groups excluding carboxylic acids is 2. The second kappa shape index (κ2) is 10.7. The van der Waals surface area contributed by atoms with E-state index in [1.54, 1.807) is 24.1 Å². The van der Waals surface area contributed by atoms with Crippen LogP contribution in [0, 0.1) is 0 Å². The number of nitrogens with one attached hydrogen (secondary N) is 1. The molecule has 0 spiro atoms. The number of ether oxygens (including phenoxy) is 1. The van der Waals surface area contributed by atoms with E-state index in [2.05, 4.69) is 17.4 Å². The maximum absolute atomic E-state index is 13.2. The highest BCUT2D eigenvalue weighted by Crippen LogP contribution is 2.18. The maximum Gasteiger partial charge on any atom is 0.267 e. The average molecular weight is 422 g/mol. The van der Waals surface area contributed by atoms with Crippen LogP contribution in [0.25, 0.3) is 0 Å². The molecule has 0 fully saturated rings. The lowest BCUT2D eigenvalue weighted by molar-refractivity contribution is -0.118. The molecule has 6 nitrogen and oxygen atoms in total. The van der Waals surface area contributed by atoms with Gasteiger partial charge in [0.1, 0.15) is 5.75 Å². The molecule has 0 unspecified atom stereocenters. The van der Waals surface area contributed by atoms with Gasteiger partial charge in [-0.15, -0.1) is 0 Å². The van der Waals surface area contributed by atoms with Gasteiger partial charge in [0.05, 0.1) is 12.8 Å². The van der Waals surface area contributed by atoms with E-state index in [0.29, 0.717) is 30.7 Å². The van der Waals surface area contributed by atoms with E-state index in [-0.39, 0.29) is 17.9 Å². The lowest BCUT2D eigenvalue weighted by atomic mass is 10.0. The van der Waals surface area contributed by atoms with Crippen LogP contribution in [0.15, 0.2) is 66.4 Å². The van der Waals surface area contributed by atoms with Gasteiger partial charge in [-0.3, -0.25) is 9.59 Å². The van der Waals surface area contributed by atoms with Gasteiger partial charge in [-0.2, -0.15) is 0 Å². The third kappa shape index (κ3) is 5.87. The van der Waals surface area contributed by atoms with Crippen molar-refractivity contribution in [1.82, 2.24) is 15.1 Å². The van der Waals surface area contributed by atoms with Gasteiger partial charge >= 0.3 is 0 Å². The first kappa shape index (κ1) is 22.4. The number of likely N-dealkylation sites (N-methyl/N-ethyl adjacent to an activating group) is 2. The summed E-state index contributed by atoms with van der Waals surface area (Å²) in [6.45, 7) is 1.37. The molecule has 164 valence electrons. The number of benzene rings is 2. The predicted molar refractivity (Wildman–Crippen MR) is 122 cm³/mol. The number of rotatable bonds is 9. The summed E-state index contributed by atoms with van der Waals surface area (Å²) in [4.78, 5) is 29.4. The topological polar surface area (TPSA) is 61.9 Å². The minimum atomic E-state index is -0.0654. The van der Waals surface area contributed by atoms with Gasteiger partial charge in [0.25, 0.3) is 11.8 Å². The molecule has 0 bridgehead atoms. The van der Waals surface area contributed by atoms with Crippen molar-refractivity contribution in [2.45, 2.75) is 25.3 Å². The summed E-state index contributed by atoms with van der Waals surface area (Å²) < 4.78 is 5.26. The minimum Gasteiger partial charge on any atom is -0.497 e. The molecule has 1 aliphatic rings. The van der Waals surface area contributed by atoms with Gasteiger partial charge in [0, 0.05) is 38.8 Å². The lowest BCUT2D eigenvalue weighted by Crippen LogP contribution is -2.41. The molecule has 1 atom stereocenters. The molecule has 2 aromatic rings. The average Bonchev–Trinajstić information content (AvgIpc) is 3.24. The third-order valence-electron chi connectivity index (χ3n) is 5.71. The molecule has 6 heteroatoms. The van der Waals surface area contributed by atoms with Crippen molar-refractivity contribution in [2.24, 2.45) is 0 Å². The molecule has 0 aliphatic carbocycles. The molecule has 0 saturated heterocycles. The van der Waals surface area contributed by atoms with Gasteiger partial charge in [0.2, 0.25) is 0 Å². The fourth-order valence-electron chi connectivity index (χ4n) is 3.82. The molecular weight excluding hydrogens is 390 g/mol. The summed E-state index contributed by atoms with van der Waals surface area (Å²) >= 11 is 0. The summed E-state index contributed by atoms with van der Waals surface area (Å²) in [6, 6.07) is 17.2.